The van der Waals surface area contributed by atoms with Crippen LogP contribution in [0.5, 0.6) is 5.75 Å². The van der Waals surface area contributed by atoms with Gasteiger partial charge < -0.3 is 10.5 Å². The molecule has 100 valence electrons. The topological polar surface area (TPSA) is 35.2 Å². The number of hydrogen-bond acceptors (Lipinski definition) is 3. The van der Waals surface area contributed by atoms with Gasteiger partial charge in [0.2, 0.25) is 0 Å². The highest BCUT2D eigenvalue weighted by Gasteiger charge is 2.08. The molecule has 0 spiro atoms. The van der Waals surface area contributed by atoms with Crippen LogP contribution in [0.4, 0.5) is 4.39 Å². The molecule has 0 saturated heterocycles. The third kappa shape index (κ3) is 3.28. The highest BCUT2D eigenvalue weighted by atomic mass is 32.2. The lowest BCUT2D eigenvalue weighted by Crippen LogP contribution is -2.05. The molecule has 2 aromatic carbocycles. The molecule has 2 N–H and O–H groups in total. The minimum absolute atomic E-state index is 0.206. The van der Waals surface area contributed by atoms with E-state index in [9.17, 15) is 4.39 Å². The van der Waals surface area contributed by atoms with Crippen LogP contribution < -0.4 is 10.5 Å². The molecule has 0 radical (unpaired) electrons. The molecule has 0 heterocycles. The molecule has 0 bridgehead atoms. The first-order valence-corrected chi connectivity index (χ1v) is 7.21. The van der Waals surface area contributed by atoms with Gasteiger partial charge in [-0.2, -0.15) is 0 Å². The molecule has 0 unspecified atom stereocenters. The number of nitrogens with two attached hydrogens (primary N) is 1. The van der Waals surface area contributed by atoms with Gasteiger partial charge in [-0.1, -0.05) is 24.3 Å². The fourth-order valence-electron chi connectivity index (χ4n) is 1.84. The summed E-state index contributed by atoms with van der Waals surface area (Å²) in [7, 11) is 0. The van der Waals surface area contributed by atoms with Crippen molar-refractivity contribution in [1.29, 1.82) is 0 Å². The second-order valence-electron chi connectivity index (χ2n) is 4.02. The Hall–Kier alpha value is -1.52. The van der Waals surface area contributed by atoms with Crippen molar-refractivity contribution in [3.63, 3.8) is 0 Å². The van der Waals surface area contributed by atoms with Gasteiger partial charge in [0.05, 0.1) is 0 Å². The monoisotopic (exact) mass is 277 g/mol. The van der Waals surface area contributed by atoms with Crippen LogP contribution in [0.2, 0.25) is 0 Å². The Balaban J connectivity index is 2.18. The number of rotatable bonds is 5. The SMILES string of the molecule is CSc1cccc(OCc2ccccc2F)c1CN. The lowest BCUT2D eigenvalue weighted by molar-refractivity contribution is 0.296. The second kappa shape index (κ2) is 6.59. The Kier molecular flexibility index (Phi) is 4.82. The van der Waals surface area contributed by atoms with Crippen molar-refractivity contribution in [1.82, 2.24) is 0 Å². The molecule has 0 saturated carbocycles. The van der Waals surface area contributed by atoms with E-state index in [0.717, 1.165) is 16.2 Å². The van der Waals surface area contributed by atoms with Crippen LogP contribution >= 0.6 is 11.8 Å². The number of hydrogen-bond donors (Lipinski definition) is 1. The van der Waals surface area contributed by atoms with Crippen molar-refractivity contribution in [3.8, 4) is 5.75 Å². The van der Waals surface area contributed by atoms with Crippen molar-refractivity contribution in [3.05, 3.63) is 59.4 Å². The zero-order valence-electron chi connectivity index (χ0n) is 10.7. The van der Waals surface area contributed by atoms with Gasteiger partial charge in [0, 0.05) is 22.6 Å². The Bertz CT molecular complexity index is 560. The number of benzene rings is 2. The van der Waals surface area contributed by atoms with Crippen molar-refractivity contribution >= 4 is 11.8 Å². The molecule has 2 rings (SSSR count). The molecule has 19 heavy (non-hydrogen) atoms. The van der Waals surface area contributed by atoms with Gasteiger partial charge in [-0.25, -0.2) is 4.39 Å². The van der Waals surface area contributed by atoms with E-state index >= 15 is 0 Å². The molecule has 0 fully saturated rings. The lowest BCUT2D eigenvalue weighted by atomic mass is 10.2. The molecule has 4 heteroatoms. The van der Waals surface area contributed by atoms with E-state index < -0.39 is 0 Å². The first-order chi connectivity index (χ1) is 9.26. The van der Waals surface area contributed by atoms with Gasteiger partial charge >= 0.3 is 0 Å². The van der Waals surface area contributed by atoms with E-state index in [1.807, 2.05) is 24.5 Å². The van der Waals surface area contributed by atoms with Gasteiger partial charge in [-0.05, 0) is 24.5 Å². The van der Waals surface area contributed by atoms with Gasteiger partial charge in [-0.15, -0.1) is 11.8 Å². The second-order valence-corrected chi connectivity index (χ2v) is 4.87. The van der Waals surface area contributed by atoms with Crippen LogP contribution in [0.3, 0.4) is 0 Å². The van der Waals surface area contributed by atoms with E-state index in [4.69, 9.17) is 10.5 Å². The van der Waals surface area contributed by atoms with Crippen LogP contribution in [0.1, 0.15) is 11.1 Å². The van der Waals surface area contributed by atoms with Crippen LogP contribution in [0, 0.1) is 5.82 Å². The number of thioether (sulfide) groups is 1. The summed E-state index contributed by atoms with van der Waals surface area (Å²) in [5.74, 6) is 0.468. The predicted molar refractivity (Wildman–Crippen MR) is 76.8 cm³/mol. The molecular weight excluding hydrogens is 261 g/mol. The summed E-state index contributed by atoms with van der Waals surface area (Å²) in [6.45, 7) is 0.612. The Labute approximate surface area is 116 Å². The minimum atomic E-state index is -0.252. The highest BCUT2D eigenvalue weighted by molar-refractivity contribution is 7.98. The summed E-state index contributed by atoms with van der Waals surface area (Å²) in [5.41, 5.74) is 7.26. The first kappa shape index (κ1) is 13.9. The fourth-order valence-corrected chi connectivity index (χ4v) is 2.49. The minimum Gasteiger partial charge on any atom is -0.488 e. The summed E-state index contributed by atoms with van der Waals surface area (Å²) in [6, 6.07) is 12.4. The van der Waals surface area contributed by atoms with Crippen LogP contribution in [-0.2, 0) is 13.2 Å². The molecular formula is C15H16FNOS. The van der Waals surface area contributed by atoms with E-state index in [1.165, 1.54) is 6.07 Å². The average Bonchev–Trinajstić information content (AvgIpc) is 2.45. The molecule has 0 atom stereocenters. The van der Waals surface area contributed by atoms with Crippen LogP contribution in [-0.4, -0.2) is 6.26 Å². The fraction of sp³-hybridized carbons (Fsp3) is 0.200. The maximum Gasteiger partial charge on any atom is 0.129 e. The molecule has 0 aliphatic heterocycles. The van der Waals surface area contributed by atoms with Gasteiger partial charge in [0.15, 0.2) is 0 Å². The molecule has 2 nitrogen and oxygen atoms in total. The van der Waals surface area contributed by atoms with E-state index in [1.54, 1.807) is 30.0 Å². The summed E-state index contributed by atoms with van der Waals surface area (Å²) >= 11 is 1.62. The summed E-state index contributed by atoms with van der Waals surface area (Å²) < 4.78 is 19.2. The van der Waals surface area contributed by atoms with E-state index in [0.29, 0.717) is 12.1 Å². The van der Waals surface area contributed by atoms with Crippen LogP contribution in [0.25, 0.3) is 0 Å². The predicted octanol–water partition coefficient (Wildman–Crippen LogP) is 3.59. The largest absolute Gasteiger partial charge is 0.488 e. The Morgan fingerprint density at radius 2 is 1.95 bits per heavy atom. The normalized spacial score (nSPS) is 10.5. The summed E-state index contributed by atoms with van der Waals surface area (Å²) in [5, 5.41) is 0. The van der Waals surface area contributed by atoms with Crippen molar-refractivity contribution in [2.24, 2.45) is 5.73 Å². The average molecular weight is 277 g/mol. The number of halogens is 1. The third-order valence-electron chi connectivity index (χ3n) is 2.86. The Morgan fingerprint density at radius 1 is 1.16 bits per heavy atom. The lowest BCUT2D eigenvalue weighted by Gasteiger charge is -2.13. The quantitative estimate of drug-likeness (QED) is 0.848. The molecule has 0 aliphatic carbocycles. The zero-order chi connectivity index (χ0) is 13.7. The van der Waals surface area contributed by atoms with Gasteiger partial charge in [-0.3, -0.25) is 0 Å². The molecule has 0 amide bonds. The summed E-state index contributed by atoms with van der Waals surface area (Å²) in [6.07, 6.45) is 2.00. The Morgan fingerprint density at radius 3 is 2.63 bits per heavy atom. The van der Waals surface area contributed by atoms with Gasteiger partial charge in [0.1, 0.15) is 18.2 Å². The standard InChI is InChI=1S/C15H16FNOS/c1-19-15-8-4-7-14(12(15)9-17)18-10-11-5-2-3-6-13(11)16/h2-8H,9-10,17H2,1H3. The molecule has 2 aromatic rings. The highest BCUT2D eigenvalue weighted by Crippen LogP contribution is 2.29. The smallest absolute Gasteiger partial charge is 0.129 e. The molecule has 0 aromatic heterocycles. The van der Waals surface area contributed by atoms with Crippen molar-refractivity contribution < 1.29 is 9.13 Å². The van der Waals surface area contributed by atoms with E-state index in [-0.39, 0.29) is 12.4 Å². The maximum atomic E-state index is 13.5. The van der Waals surface area contributed by atoms with Gasteiger partial charge in [0.25, 0.3) is 0 Å². The van der Waals surface area contributed by atoms with E-state index in [2.05, 4.69) is 0 Å². The number of ether oxygens (including phenoxy) is 1. The first-order valence-electron chi connectivity index (χ1n) is 5.98. The van der Waals surface area contributed by atoms with Crippen molar-refractivity contribution in [2.75, 3.05) is 6.26 Å². The summed E-state index contributed by atoms with van der Waals surface area (Å²) in [4.78, 5) is 1.09. The van der Waals surface area contributed by atoms with Crippen LogP contribution in [0.15, 0.2) is 47.4 Å². The molecule has 0 aliphatic rings. The zero-order valence-corrected chi connectivity index (χ0v) is 11.5. The van der Waals surface area contributed by atoms with Crippen molar-refractivity contribution in [2.45, 2.75) is 18.0 Å². The third-order valence-corrected chi connectivity index (χ3v) is 3.68. The maximum absolute atomic E-state index is 13.5.